The number of amidine groups is 1. The number of nitrogens with zero attached hydrogens (tertiary/aromatic N) is 2. The molecular formula is C17H19FN4O5S. The highest BCUT2D eigenvalue weighted by atomic mass is 32.2. The van der Waals surface area contributed by atoms with Crippen molar-refractivity contribution in [3.05, 3.63) is 29.6 Å². The second-order valence-corrected chi connectivity index (χ2v) is 7.90. The third-order valence-corrected chi connectivity index (χ3v) is 4.19. The maximum absolute atomic E-state index is 14.1. The Morgan fingerprint density at radius 1 is 1.43 bits per heavy atom. The highest BCUT2D eigenvalue weighted by Crippen LogP contribution is 2.22. The molecule has 0 aliphatic carbocycles. The Morgan fingerprint density at radius 3 is 2.75 bits per heavy atom. The molecule has 28 heavy (non-hydrogen) atoms. The molecule has 1 unspecified atom stereocenters. The average molecular weight is 410 g/mol. The predicted octanol–water partition coefficient (Wildman–Crippen LogP) is 2.57. The van der Waals surface area contributed by atoms with Crippen LogP contribution in [0, 0.1) is 5.82 Å². The van der Waals surface area contributed by atoms with E-state index in [1.165, 1.54) is 18.3 Å². The number of thioether (sulfide) groups is 1. The fourth-order valence-corrected chi connectivity index (χ4v) is 2.93. The summed E-state index contributed by atoms with van der Waals surface area (Å²) in [5.41, 5.74) is -0.385. The predicted molar refractivity (Wildman–Crippen MR) is 103 cm³/mol. The summed E-state index contributed by atoms with van der Waals surface area (Å²) in [6, 6.07) is 4.00. The lowest BCUT2D eigenvalue weighted by molar-refractivity contribution is -0.138. The molecule has 9 nitrogen and oxygen atoms in total. The highest BCUT2D eigenvalue weighted by Gasteiger charge is 2.32. The molecule has 1 heterocycles. The highest BCUT2D eigenvalue weighted by molar-refractivity contribution is 8.15. The standard InChI is InChI=1S/C17H19FN4O5S/c1-17(2,3)27-16(26)20-11-5-4-9(6-10(11)18)8-19-22-15-21-14(25)12(28-15)7-13(23)24/h4-6,8,12H,7H2,1-3H3,(H,20,26)(H,23,24)(H,21,22,25). The van der Waals surface area contributed by atoms with Gasteiger partial charge < -0.3 is 15.2 Å². The number of anilines is 1. The number of ether oxygens (including phenoxy) is 1. The first-order chi connectivity index (χ1) is 13.0. The van der Waals surface area contributed by atoms with Gasteiger partial charge in [-0.15, -0.1) is 5.10 Å². The van der Waals surface area contributed by atoms with Gasteiger partial charge in [-0.25, -0.2) is 9.18 Å². The van der Waals surface area contributed by atoms with Crippen LogP contribution in [0.5, 0.6) is 0 Å². The van der Waals surface area contributed by atoms with Crippen LogP contribution in [0.1, 0.15) is 32.8 Å². The van der Waals surface area contributed by atoms with Crippen LogP contribution in [-0.2, 0) is 14.3 Å². The van der Waals surface area contributed by atoms with Gasteiger partial charge in [-0.05, 0) is 38.5 Å². The van der Waals surface area contributed by atoms with Crippen molar-refractivity contribution in [1.29, 1.82) is 0 Å². The lowest BCUT2D eigenvalue weighted by Gasteiger charge is -2.19. The molecule has 0 bridgehead atoms. The Labute approximate surface area is 164 Å². The normalized spacial score (nSPS) is 18.4. The summed E-state index contributed by atoms with van der Waals surface area (Å²) in [5, 5.41) is 20.4. The summed E-state index contributed by atoms with van der Waals surface area (Å²) in [5.74, 6) is -2.23. The second kappa shape index (κ2) is 8.83. The first kappa shape index (κ1) is 21.4. The zero-order valence-corrected chi connectivity index (χ0v) is 16.2. The maximum atomic E-state index is 14.1. The number of amides is 2. The fraction of sp³-hybridized carbons (Fsp3) is 0.353. The number of hydrogen-bond acceptors (Lipinski definition) is 7. The van der Waals surface area contributed by atoms with Gasteiger partial charge in [0, 0.05) is 0 Å². The number of nitrogens with one attached hydrogen (secondary N) is 2. The maximum Gasteiger partial charge on any atom is 0.412 e. The molecule has 3 N–H and O–H groups in total. The smallest absolute Gasteiger partial charge is 0.412 e. The van der Waals surface area contributed by atoms with Crippen LogP contribution in [0.2, 0.25) is 0 Å². The SMILES string of the molecule is CC(C)(C)OC(=O)Nc1ccc(C=NN=C2NC(=O)C(CC(=O)O)S2)cc1F. The van der Waals surface area contributed by atoms with E-state index in [1.807, 2.05) is 0 Å². The number of rotatable bonds is 5. The summed E-state index contributed by atoms with van der Waals surface area (Å²) in [6.07, 6.45) is 0.158. The third-order valence-electron chi connectivity index (χ3n) is 3.12. The minimum atomic E-state index is -1.09. The number of carboxylic acids is 1. The average Bonchev–Trinajstić information content (AvgIpc) is 2.87. The Hall–Kier alpha value is -2.95. The molecule has 11 heteroatoms. The lowest BCUT2D eigenvalue weighted by Crippen LogP contribution is -2.27. The molecule has 1 aromatic rings. The summed E-state index contributed by atoms with van der Waals surface area (Å²) < 4.78 is 19.2. The fourth-order valence-electron chi connectivity index (χ4n) is 2.02. The zero-order valence-electron chi connectivity index (χ0n) is 15.4. The van der Waals surface area contributed by atoms with Crippen molar-refractivity contribution in [1.82, 2.24) is 5.32 Å². The topological polar surface area (TPSA) is 129 Å². The van der Waals surface area contributed by atoms with Crippen molar-refractivity contribution >= 4 is 46.8 Å². The van der Waals surface area contributed by atoms with Crippen LogP contribution in [0.3, 0.4) is 0 Å². The van der Waals surface area contributed by atoms with Gasteiger partial charge in [-0.1, -0.05) is 17.8 Å². The van der Waals surface area contributed by atoms with E-state index in [2.05, 4.69) is 20.8 Å². The zero-order chi connectivity index (χ0) is 20.9. The van der Waals surface area contributed by atoms with Crippen LogP contribution >= 0.6 is 11.8 Å². The Bertz CT molecular complexity index is 850. The van der Waals surface area contributed by atoms with Gasteiger partial charge in [0.2, 0.25) is 5.91 Å². The molecule has 150 valence electrons. The number of halogens is 1. The Morgan fingerprint density at radius 2 is 2.14 bits per heavy atom. The van der Waals surface area contributed by atoms with Crippen molar-refractivity contribution in [2.45, 2.75) is 38.0 Å². The van der Waals surface area contributed by atoms with Crippen LogP contribution < -0.4 is 10.6 Å². The molecule has 1 atom stereocenters. The molecule has 1 aliphatic heterocycles. The quantitative estimate of drug-likeness (QED) is 0.505. The van der Waals surface area contributed by atoms with E-state index in [0.29, 0.717) is 5.56 Å². The largest absolute Gasteiger partial charge is 0.481 e. The van der Waals surface area contributed by atoms with Gasteiger partial charge >= 0.3 is 12.1 Å². The minimum Gasteiger partial charge on any atom is -0.481 e. The molecule has 1 saturated heterocycles. The van der Waals surface area contributed by atoms with E-state index < -0.39 is 34.6 Å². The molecule has 1 fully saturated rings. The van der Waals surface area contributed by atoms with Gasteiger partial charge in [0.1, 0.15) is 16.7 Å². The molecule has 0 saturated carbocycles. The van der Waals surface area contributed by atoms with E-state index in [0.717, 1.165) is 17.8 Å². The van der Waals surface area contributed by atoms with E-state index in [9.17, 15) is 18.8 Å². The van der Waals surface area contributed by atoms with E-state index >= 15 is 0 Å². The van der Waals surface area contributed by atoms with Crippen LogP contribution in [0.4, 0.5) is 14.9 Å². The van der Waals surface area contributed by atoms with Crippen molar-refractivity contribution < 1.29 is 28.6 Å². The number of hydrogen-bond donors (Lipinski definition) is 3. The number of carboxylic acid groups (broad SMARTS) is 1. The van der Waals surface area contributed by atoms with Gasteiger partial charge in [0.25, 0.3) is 0 Å². The molecule has 1 aliphatic rings. The second-order valence-electron chi connectivity index (χ2n) is 6.71. The summed E-state index contributed by atoms with van der Waals surface area (Å²) in [7, 11) is 0. The molecule has 2 amide bonds. The number of benzene rings is 1. The minimum absolute atomic E-state index is 0.0483. The van der Waals surface area contributed by atoms with Crippen molar-refractivity contribution in [3.63, 3.8) is 0 Å². The van der Waals surface area contributed by atoms with Crippen LogP contribution in [0.25, 0.3) is 0 Å². The van der Waals surface area contributed by atoms with Gasteiger partial charge in [0.15, 0.2) is 5.17 Å². The first-order valence-corrected chi connectivity index (χ1v) is 9.01. The summed E-state index contributed by atoms with van der Waals surface area (Å²) in [6.45, 7) is 5.08. The number of aliphatic carboxylic acids is 1. The molecular weight excluding hydrogens is 391 g/mol. The monoisotopic (exact) mass is 410 g/mol. The third kappa shape index (κ3) is 6.65. The molecule has 0 radical (unpaired) electrons. The summed E-state index contributed by atoms with van der Waals surface area (Å²) >= 11 is 0.958. The summed E-state index contributed by atoms with van der Waals surface area (Å²) in [4.78, 5) is 33.9. The molecule has 0 spiro atoms. The van der Waals surface area contributed by atoms with Crippen LogP contribution in [0.15, 0.2) is 28.4 Å². The van der Waals surface area contributed by atoms with Crippen molar-refractivity contribution in [2.24, 2.45) is 10.2 Å². The van der Waals surface area contributed by atoms with Crippen molar-refractivity contribution in [2.75, 3.05) is 5.32 Å². The van der Waals surface area contributed by atoms with Crippen LogP contribution in [-0.4, -0.2) is 45.3 Å². The van der Waals surface area contributed by atoms with Gasteiger partial charge in [-0.2, -0.15) is 5.10 Å². The molecule has 1 aromatic carbocycles. The number of carbonyl (C=O) groups excluding carboxylic acids is 2. The molecule has 2 rings (SSSR count). The van der Waals surface area contributed by atoms with Gasteiger partial charge in [-0.3, -0.25) is 14.9 Å². The lowest BCUT2D eigenvalue weighted by atomic mass is 10.2. The Balaban J connectivity index is 1.98. The molecule has 0 aromatic heterocycles. The first-order valence-electron chi connectivity index (χ1n) is 8.13. The van der Waals surface area contributed by atoms with E-state index in [-0.39, 0.29) is 17.3 Å². The van der Waals surface area contributed by atoms with Gasteiger partial charge in [0.05, 0.1) is 18.3 Å². The van der Waals surface area contributed by atoms with E-state index in [1.54, 1.807) is 20.8 Å². The van der Waals surface area contributed by atoms with Crippen molar-refractivity contribution in [3.8, 4) is 0 Å². The Kier molecular flexibility index (Phi) is 6.73. The number of carbonyl (C=O) groups is 3. The van der Waals surface area contributed by atoms with E-state index in [4.69, 9.17) is 9.84 Å².